The van der Waals surface area contributed by atoms with Crippen LogP contribution in [0.4, 0.5) is 5.95 Å². The van der Waals surface area contributed by atoms with Crippen LogP contribution >= 0.6 is 0 Å². The molecule has 3 rings (SSSR count). The molecule has 24 heavy (non-hydrogen) atoms. The Morgan fingerprint density at radius 2 is 1.75 bits per heavy atom. The van der Waals surface area contributed by atoms with Gasteiger partial charge in [0.2, 0.25) is 11.8 Å². The summed E-state index contributed by atoms with van der Waals surface area (Å²) in [4.78, 5) is 16.8. The predicted octanol–water partition coefficient (Wildman–Crippen LogP) is 3.21. The molecule has 0 radical (unpaired) electrons. The van der Waals surface area contributed by atoms with Crippen LogP contribution in [0.1, 0.15) is 17.1 Å². The zero-order valence-electron chi connectivity index (χ0n) is 13.5. The molecule has 0 saturated carbocycles. The summed E-state index contributed by atoms with van der Waals surface area (Å²) in [5, 5.41) is 9.89. The SMILES string of the molecule is COc1ccc(-c2nc(/C=N/c3nc(C)cc(C)n3)c(O)o2)cc1. The molecular weight excluding hydrogens is 308 g/mol. The van der Waals surface area contributed by atoms with E-state index in [0.29, 0.717) is 11.5 Å². The van der Waals surface area contributed by atoms with Gasteiger partial charge in [0, 0.05) is 17.0 Å². The van der Waals surface area contributed by atoms with Gasteiger partial charge in [0.1, 0.15) is 5.75 Å². The molecule has 2 aromatic heterocycles. The van der Waals surface area contributed by atoms with Crippen LogP contribution in [0.5, 0.6) is 11.7 Å². The lowest BCUT2D eigenvalue weighted by atomic mass is 10.2. The number of aromatic hydroxyl groups is 1. The highest BCUT2D eigenvalue weighted by molar-refractivity contribution is 5.82. The molecule has 0 aliphatic carbocycles. The average Bonchev–Trinajstić information content (AvgIpc) is 2.93. The van der Waals surface area contributed by atoms with Gasteiger partial charge in [-0.2, -0.15) is 0 Å². The van der Waals surface area contributed by atoms with Gasteiger partial charge in [-0.3, -0.25) is 0 Å². The number of aliphatic imine (C=N–C) groups is 1. The van der Waals surface area contributed by atoms with Crippen LogP contribution in [0.25, 0.3) is 11.5 Å². The third-order valence-electron chi connectivity index (χ3n) is 3.24. The molecule has 0 saturated heterocycles. The second-order valence-corrected chi connectivity index (χ2v) is 5.15. The second kappa shape index (κ2) is 6.49. The molecule has 2 heterocycles. The van der Waals surface area contributed by atoms with Gasteiger partial charge in [-0.05, 0) is 44.2 Å². The monoisotopic (exact) mass is 324 g/mol. The Hall–Kier alpha value is -3.22. The normalized spacial score (nSPS) is 11.1. The molecule has 0 aliphatic rings. The number of ether oxygens (including phenoxy) is 1. The van der Waals surface area contributed by atoms with Crippen molar-refractivity contribution in [3.05, 3.63) is 47.4 Å². The van der Waals surface area contributed by atoms with E-state index in [1.807, 2.05) is 19.9 Å². The Balaban J connectivity index is 1.86. The molecule has 0 amide bonds. The number of hydrogen-bond acceptors (Lipinski definition) is 7. The Kier molecular flexibility index (Phi) is 4.24. The first-order valence-corrected chi connectivity index (χ1v) is 7.26. The molecule has 7 nitrogen and oxygen atoms in total. The number of rotatable bonds is 4. The van der Waals surface area contributed by atoms with Crippen molar-refractivity contribution in [2.75, 3.05) is 7.11 Å². The maximum atomic E-state index is 9.89. The van der Waals surface area contributed by atoms with Crippen molar-refractivity contribution in [3.63, 3.8) is 0 Å². The third kappa shape index (κ3) is 3.40. The van der Waals surface area contributed by atoms with Gasteiger partial charge >= 0.3 is 5.95 Å². The van der Waals surface area contributed by atoms with Crippen LogP contribution in [0.15, 0.2) is 39.7 Å². The average molecular weight is 324 g/mol. The number of oxazole rings is 1. The quantitative estimate of drug-likeness (QED) is 0.741. The van der Waals surface area contributed by atoms with Gasteiger partial charge in [-0.15, -0.1) is 0 Å². The van der Waals surface area contributed by atoms with Crippen LogP contribution in [0.2, 0.25) is 0 Å². The minimum Gasteiger partial charge on any atom is -0.497 e. The van der Waals surface area contributed by atoms with E-state index in [4.69, 9.17) is 9.15 Å². The van der Waals surface area contributed by atoms with Crippen molar-refractivity contribution in [3.8, 4) is 23.1 Å². The third-order valence-corrected chi connectivity index (χ3v) is 3.24. The maximum Gasteiger partial charge on any atom is 0.312 e. The fourth-order valence-corrected chi connectivity index (χ4v) is 2.15. The zero-order valence-corrected chi connectivity index (χ0v) is 13.5. The van der Waals surface area contributed by atoms with Gasteiger partial charge in [0.25, 0.3) is 0 Å². The molecule has 122 valence electrons. The summed E-state index contributed by atoms with van der Waals surface area (Å²) in [7, 11) is 1.59. The fraction of sp³-hybridized carbons (Fsp3) is 0.176. The largest absolute Gasteiger partial charge is 0.497 e. The minimum atomic E-state index is -0.311. The predicted molar refractivity (Wildman–Crippen MR) is 88.9 cm³/mol. The Morgan fingerprint density at radius 1 is 1.08 bits per heavy atom. The van der Waals surface area contributed by atoms with Crippen molar-refractivity contribution in [1.82, 2.24) is 15.0 Å². The minimum absolute atomic E-state index is 0.212. The van der Waals surface area contributed by atoms with Crippen molar-refractivity contribution in [1.29, 1.82) is 0 Å². The zero-order chi connectivity index (χ0) is 17.1. The van der Waals surface area contributed by atoms with Gasteiger partial charge in [0.15, 0.2) is 5.69 Å². The van der Waals surface area contributed by atoms with E-state index in [1.165, 1.54) is 6.21 Å². The van der Waals surface area contributed by atoms with Gasteiger partial charge in [-0.1, -0.05) is 0 Å². The van der Waals surface area contributed by atoms with Gasteiger partial charge in [0.05, 0.1) is 13.3 Å². The standard InChI is InChI=1S/C17H16N4O3/c1-10-8-11(2)20-17(19-10)18-9-14-16(22)24-15(21-14)12-4-6-13(23-3)7-5-12/h4-9,22H,1-3H3/b18-9+. The highest BCUT2D eigenvalue weighted by atomic mass is 16.5. The summed E-state index contributed by atoms with van der Waals surface area (Å²) < 4.78 is 10.4. The van der Waals surface area contributed by atoms with Crippen molar-refractivity contribution in [2.24, 2.45) is 4.99 Å². The maximum absolute atomic E-state index is 9.89. The highest BCUT2D eigenvalue weighted by Crippen LogP contribution is 2.27. The molecule has 0 atom stereocenters. The number of aromatic nitrogens is 3. The molecular formula is C17H16N4O3. The van der Waals surface area contributed by atoms with Crippen LogP contribution in [-0.2, 0) is 0 Å². The summed E-state index contributed by atoms with van der Waals surface area (Å²) >= 11 is 0. The summed E-state index contributed by atoms with van der Waals surface area (Å²) in [5.74, 6) is 1.01. The first-order valence-electron chi connectivity index (χ1n) is 7.26. The van der Waals surface area contributed by atoms with Crippen LogP contribution < -0.4 is 4.74 Å². The van der Waals surface area contributed by atoms with Gasteiger partial charge in [-0.25, -0.2) is 19.9 Å². The van der Waals surface area contributed by atoms with E-state index in [9.17, 15) is 5.11 Å². The molecule has 0 bridgehead atoms. The summed E-state index contributed by atoms with van der Waals surface area (Å²) in [6, 6.07) is 9.01. The van der Waals surface area contributed by atoms with Crippen molar-refractivity contribution >= 4 is 12.2 Å². The van der Waals surface area contributed by atoms with E-state index in [0.717, 1.165) is 17.1 Å². The smallest absolute Gasteiger partial charge is 0.312 e. The summed E-state index contributed by atoms with van der Waals surface area (Å²) in [6.07, 6.45) is 1.38. The van der Waals surface area contributed by atoms with E-state index in [2.05, 4.69) is 19.9 Å². The fourth-order valence-electron chi connectivity index (χ4n) is 2.15. The first-order chi connectivity index (χ1) is 11.5. The highest BCUT2D eigenvalue weighted by Gasteiger charge is 2.12. The Bertz CT molecular complexity index is 865. The molecule has 1 aromatic carbocycles. The first kappa shape index (κ1) is 15.7. The van der Waals surface area contributed by atoms with E-state index < -0.39 is 0 Å². The number of aryl methyl sites for hydroxylation is 2. The van der Waals surface area contributed by atoms with Crippen molar-refractivity contribution < 1.29 is 14.3 Å². The van der Waals surface area contributed by atoms with Crippen LogP contribution in [0.3, 0.4) is 0 Å². The molecule has 7 heteroatoms. The van der Waals surface area contributed by atoms with E-state index in [1.54, 1.807) is 31.4 Å². The second-order valence-electron chi connectivity index (χ2n) is 5.15. The lowest BCUT2D eigenvalue weighted by Crippen LogP contribution is -1.90. The number of benzene rings is 1. The Morgan fingerprint density at radius 3 is 2.38 bits per heavy atom. The van der Waals surface area contributed by atoms with Crippen molar-refractivity contribution in [2.45, 2.75) is 13.8 Å². The Labute approximate surface area is 138 Å². The van der Waals surface area contributed by atoms with Crippen LogP contribution in [0, 0.1) is 13.8 Å². The van der Waals surface area contributed by atoms with E-state index >= 15 is 0 Å². The molecule has 0 aliphatic heterocycles. The lowest BCUT2D eigenvalue weighted by molar-refractivity contribution is 0.337. The summed E-state index contributed by atoms with van der Waals surface area (Å²) in [6.45, 7) is 3.73. The molecule has 0 unspecified atom stereocenters. The molecule has 0 fully saturated rings. The van der Waals surface area contributed by atoms with E-state index in [-0.39, 0.29) is 17.5 Å². The number of methoxy groups -OCH3 is 1. The number of nitrogens with zero attached hydrogens (tertiary/aromatic N) is 4. The van der Waals surface area contributed by atoms with Gasteiger partial charge < -0.3 is 14.3 Å². The number of hydrogen-bond donors (Lipinski definition) is 1. The molecule has 0 spiro atoms. The lowest BCUT2D eigenvalue weighted by Gasteiger charge is -1.99. The summed E-state index contributed by atoms with van der Waals surface area (Å²) in [5.41, 5.74) is 2.56. The topological polar surface area (TPSA) is 93.6 Å². The van der Waals surface area contributed by atoms with Crippen LogP contribution in [-0.4, -0.2) is 33.4 Å². The molecule has 1 N–H and O–H groups in total. The molecule has 3 aromatic rings.